The van der Waals surface area contributed by atoms with Crippen molar-refractivity contribution >= 4 is 40.2 Å². The van der Waals surface area contributed by atoms with E-state index in [4.69, 9.17) is 9.57 Å². The number of amides is 1. The number of para-hydroxylation sites is 3. The first kappa shape index (κ1) is 18.0. The third-order valence-electron chi connectivity index (χ3n) is 5.18. The smallest absolute Gasteiger partial charge is 0.266 e. The number of benzene rings is 3. The van der Waals surface area contributed by atoms with E-state index < -0.39 is 0 Å². The molecule has 30 heavy (non-hydrogen) atoms. The topological polar surface area (TPSA) is 56.6 Å². The number of carbonyl (C=O) groups excluding carboxylic acids is 1. The van der Waals surface area contributed by atoms with Gasteiger partial charge in [-0.2, -0.15) is 0 Å². The predicted molar refractivity (Wildman–Crippen MR) is 117 cm³/mol. The summed E-state index contributed by atoms with van der Waals surface area (Å²) >= 11 is 0. The largest absolute Gasteiger partial charge is 0.497 e. The molecule has 1 aliphatic heterocycles. The number of fused-ring (bicyclic) bond motifs is 2. The molecule has 148 valence electrons. The zero-order chi connectivity index (χ0) is 20.7. The van der Waals surface area contributed by atoms with E-state index in [0.717, 1.165) is 33.6 Å². The lowest BCUT2D eigenvalue weighted by Crippen LogP contribution is -2.25. The highest BCUT2D eigenvalue weighted by atomic mass is 16.6. The number of nitrogens with zero attached hydrogens (tertiary/aromatic N) is 3. The number of ether oxygens (including phenoxy) is 1. The molecule has 0 saturated carbocycles. The summed E-state index contributed by atoms with van der Waals surface area (Å²) in [5, 5.41) is 0. The van der Waals surface area contributed by atoms with Crippen LogP contribution in [-0.2, 0) is 4.79 Å². The lowest BCUT2D eigenvalue weighted by Gasteiger charge is -2.17. The zero-order valence-electron chi connectivity index (χ0n) is 16.6. The molecule has 3 aromatic carbocycles. The Balaban J connectivity index is 1.66. The van der Waals surface area contributed by atoms with Gasteiger partial charge in [0.2, 0.25) is 0 Å². The van der Waals surface area contributed by atoms with E-state index in [1.165, 1.54) is 0 Å². The van der Waals surface area contributed by atoms with Gasteiger partial charge in [-0.3, -0.25) is 4.79 Å². The number of methoxy groups -OCH3 is 1. The van der Waals surface area contributed by atoms with Crippen LogP contribution in [0.2, 0.25) is 0 Å². The van der Waals surface area contributed by atoms with Crippen molar-refractivity contribution in [3.05, 3.63) is 83.9 Å². The first-order valence-electron chi connectivity index (χ1n) is 9.53. The van der Waals surface area contributed by atoms with Crippen LogP contribution < -0.4 is 14.5 Å². The fourth-order valence-corrected chi connectivity index (χ4v) is 3.76. The summed E-state index contributed by atoms with van der Waals surface area (Å²) in [6, 6.07) is 22.9. The molecule has 5 rings (SSSR count). The van der Waals surface area contributed by atoms with Crippen molar-refractivity contribution in [2.24, 2.45) is 0 Å². The molecule has 2 heterocycles. The quantitative estimate of drug-likeness (QED) is 0.481. The molecule has 1 amide bonds. The summed E-state index contributed by atoms with van der Waals surface area (Å²) in [6.07, 6.45) is 1.89. The predicted octanol–water partition coefficient (Wildman–Crippen LogP) is 4.32. The average Bonchev–Trinajstić information content (AvgIpc) is 3.29. The van der Waals surface area contributed by atoms with Crippen LogP contribution in [0.5, 0.6) is 5.75 Å². The summed E-state index contributed by atoms with van der Waals surface area (Å²) < 4.78 is 6.81. The van der Waals surface area contributed by atoms with Gasteiger partial charge in [-0.15, -0.1) is 4.73 Å². The highest BCUT2D eigenvalue weighted by molar-refractivity contribution is 6.37. The van der Waals surface area contributed by atoms with E-state index in [0.29, 0.717) is 11.5 Å². The fraction of sp³-hybridized carbons (Fsp3) is 0.0833. The summed E-state index contributed by atoms with van der Waals surface area (Å²) in [5.41, 5.74) is 4.70. The van der Waals surface area contributed by atoms with Crippen LogP contribution >= 0.6 is 0 Å². The summed E-state index contributed by atoms with van der Waals surface area (Å²) in [7, 11) is 3.20. The lowest BCUT2D eigenvalue weighted by atomic mass is 10.0. The molecular formula is C24H19N3O3. The number of rotatable bonds is 4. The number of carbonyl (C=O) groups is 1. The Hall–Kier alpha value is -4.06. The van der Waals surface area contributed by atoms with Gasteiger partial charge >= 0.3 is 0 Å². The van der Waals surface area contributed by atoms with Crippen LogP contribution in [0.25, 0.3) is 22.7 Å². The molecule has 4 aromatic rings. The molecule has 0 fully saturated rings. The van der Waals surface area contributed by atoms with Gasteiger partial charge < -0.3 is 9.57 Å². The maximum Gasteiger partial charge on any atom is 0.266 e. The number of anilines is 2. The Morgan fingerprint density at radius 2 is 1.63 bits per heavy atom. The van der Waals surface area contributed by atoms with Crippen LogP contribution in [0, 0.1) is 0 Å². The monoisotopic (exact) mass is 397 g/mol. The molecule has 0 N–H and O–H groups in total. The molecule has 0 unspecified atom stereocenters. The van der Waals surface area contributed by atoms with Crippen LogP contribution in [0.4, 0.5) is 11.6 Å². The Bertz CT molecular complexity index is 1290. The highest BCUT2D eigenvalue weighted by Crippen LogP contribution is 2.42. The Kier molecular flexibility index (Phi) is 4.25. The highest BCUT2D eigenvalue weighted by Gasteiger charge is 2.36. The molecule has 0 aliphatic carbocycles. The molecular weight excluding hydrogens is 378 g/mol. The van der Waals surface area contributed by atoms with Gasteiger partial charge in [0.15, 0.2) is 0 Å². The fourth-order valence-electron chi connectivity index (χ4n) is 3.76. The molecule has 0 radical (unpaired) electrons. The Morgan fingerprint density at radius 1 is 0.900 bits per heavy atom. The third kappa shape index (κ3) is 2.73. The molecule has 6 heteroatoms. The van der Waals surface area contributed by atoms with Crippen LogP contribution in [0.15, 0.2) is 72.8 Å². The van der Waals surface area contributed by atoms with E-state index in [-0.39, 0.29) is 5.91 Å². The number of hydrogen-bond acceptors (Lipinski definition) is 4. The minimum atomic E-state index is -0.152. The molecule has 0 atom stereocenters. The first-order chi connectivity index (χ1) is 14.7. The van der Waals surface area contributed by atoms with E-state index in [9.17, 15) is 4.79 Å². The van der Waals surface area contributed by atoms with Crippen molar-refractivity contribution in [3.8, 4) is 5.75 Å². The standard InChI is InChI=1S/C24H19N3O3/c1-29-17-13-11-16(12-14-17)15-19-18-7-3-5-9-21(18)26(23(19)28)24-25-20-8-4-6-10-22(20)27(24)30-2/h3-15H,1-2H3/b19-15-. The molecule has 6 nitrogen and oxygen atoms in total. The number of hydrogen-bond donors (Lipinski definition) is 0. The number of aromatic nitrogens is 2. The van der Waals surface area contributed by atoms with Gasteiger partial charge in [-0.05, 0) is 42.0 Å². The van der Waals surface area contributed by atoms with Gasteiger partial charge in [0, 0.05) is 5.56 Å². The maximum atomic E-state index is 13.6. The first-order valence-corrected chi connectivity index (χ1v) is 9.53. The van der Waals surface area contributed by atoms with E-state index in [1.807, 2.05) is 78.9 Å². The number of imidazole rings is 1. The molecule has 1 aliphatic rings. The zero-order valence-corrected chi connectivity index (χ0v) is 16.6. The van der Waals surface area contributed by atoms with Gasteiger partial charge in [-0.25, -0.2) is 9.88 Å². The lowest BCUT2D eigenvalue weighted by molar-refractivity contribution is -0.112. The van der Waals surface area contributed by atoms with Gasteiger partial charge in [0.1, 0.15) is 18.4 Å². The average molecular weight is 397 g/mol. The van der Waals surface area contributed by atoms with E-state index >= 15 is 0 Å². The Labute approximate surface area is 173 Å². The van der Waals surface area contributed by atoms with Crippen LogP contribution in [0.3, 0.4) is 0 Å². The van der Waals surface area contributed by atoms with Crippen molar-refractivity contribution in [1.82, 2.24) is 9.71 Å². The summed E-state index contributed by atoms with van der Waals surface area (Å²) in [5.74, 6) is 1.04. The Morgan fingerprint density at radius 3 is 2.40 bits per heavy atom. The van der Waals surface area contributed by atoms with Gasteiger partial charge in [0.25, 0.3) is 11.9 Å². The summed E-state index contributed by atoms with van der Waals surface area (Å²) in [4.78, 5) is 25.4. The van der Waals surface area contributed by atoms with Crippen molar-refractivity contribution in [2.45, 2.75) is 0 Å². The summed E-state index contributed by atoms with van der Waals surface area (Å²) in [6.45, 7) is 0. The second-order valence-electron chi connectivity index (χ2n) is 6.87. The van der Waals surface area contributed by atoms with Crippen molar-refractivity contribution in [2.75, 3.05) is 19.1 Å². The maximum absolute atomic E-state index is 13.6. The van der Waals surface area contributed by atoms with Crippen molar-refractivity contribution in [3.63, 3.8) is 0 Å². The second-order valence-corrected chi connectivity index (χ2v) is 6.87. The second kappa shape index (κ2) is 7.08. The molecule has 0 saturated heterocycles. The van der Waals surface area contributed by atoms with E-state index in [2.05, 4.69) is 4.98 Å². The van der Waals surface area contributed by atoms with Gasteiger partial charge in [-0.1, -0.05) is 42.5 Å². The van der Waals surface area contributed by atoms with Gasteiger partial charge in [0.05, 0.1) is 23.9 Å². The molecule has 0 spiro atoms. The van der Waals surface area contributed by atoms with Crippen LogP contribution in [-0.4, -0.2) is 29.8 Å². The SMILES string of the molecule is COc1ccc(/C=C2\C(=O)N(c3nc4ccccc4n3OC)c3ccccc32)cc1. The minimum absolute atomic E-state index is 0.152. The molecule has 0 bridgehead atoms. The van der Waals surface area contributed by atoms with Crippen LogP contribution in [0.1, 0.15) is 11.1 Å². The minimum Gasteiger partial charge on any atom is -0.497 e. The third-order valence-corrected chi connectivity index (χ3v) is 5.18. The normalized spacial score (nSPS) is 14.4. The molecule has 1 aromatic heterocycles. The van der Waals surface area contributed by atoms with Crippen molar-refractivity contribution in [1.29, 1.82) is 0 Å². The van der Waals surface area contributed by atoms with E-state index in [1.54, 1.807) is 23.8 Å². The van der Waals surface area contributed by atoms with Crippen molar-refractivity contribution < 1.29 is 14.4 Å².